The zero-order chi connectivity index (χ0) is 13.7. The summed E-state index contributed by atoms with van der Waals surface area (Å²) in [5.41, 5.74) is 1.80. The number of rotatable bonds is 8. The number of aromatic nitrogens is 1. The van der Waals surface area contributed by atoms with Crippen LogP contribution >= 0.6 is 0 Å². The Bertz CT molecular complexity index is 376. The number of hydrogen-bond donors (Lipinski definition) is 1. The predicted octanol–water partition coefficient (Wildman–Crippen LogP) is 2.39. The largest absolute Gasteiger partial charge is 0.387 e. The van der Waals surface area contributed by atoms with Crippen LogP contribution in [0, 0.1) is 5.92 Å². The van der Waals surface area contributed by atoms with Crippen molar-refractivity contribution in [2.45, 2.75) is 32.3 Å². The van der Waals surface area contributed by atoms with Gasteiger partial charge in [0.2, 0.25) is 0 Å². The van der Waals surface area contributed by atoms with E-state index in [1.165, 1.54) is 12.8 Å². The number of aliphatic hydroxyl groups is 1. The molecule has 1 N–H and O–H groups in total. The maximum atomic E-state index is 9.69. The molecule has 19 heavy (non-hydrogen) atoms. The van der Waals surface area contributed by atoms with Crippen LogP contribution in [-0.4, -0.2) is 36.9 Å². The quantitative estimate of drug-likeness (QED) is 0.732. The third kappa shape index (κ3) is 4.48. The number of ether oxygens (including phenoxy) is 1. The molecule has 1 aliphatic carbocycles. The molecule has 4 heteroatoms. The average Bonchev–Trinajstić information content (AvgIpc) is 3.27. The summed E-state index contributed by atoms with van der Waals surface area (Å²) < 4.78 is 5.63. The fourth-order valence-corrected chi connectivity index (χ4v) is 1.89. The second kappa shape index (κ2) is 6.87. The molecule has 1 heterocycles. The lowest BCUT2D eigenvalue weighted by atomic mass is 10.2. The van der Waals surface area contributed by atoms with Crippen LogP contribution in [0.4, 0.5) is 5.69 Å². The molecule has 106 valence electrons. The Balaban J connectivity index is 1.75. The fourth-order valence-electron chi connectivity index (χ4n) is 1.89. The standard InChI is InChI=1S/C15H24N2O2/c1-3-15(18)14-7-6-13(10-16-14)17(2)8-9-19-11-12-4-5-12/h6-7,10,12,15,18H,3-5,8-9,11H2,1-2H3/t15-/m1/s1. The molecule has 0 amide bonds. The molecule has 0 saturated heterocycles. The lowest BCUT2D eigenvalue weighted by Gasteiger charge is -2.19. The van der Waals surface area contributed by atoms with Crippen LogP contribution in [0.3, 0.4) is 0 Å². The molecule has 1 fully saturated rings. The van der Waals surface area contributed by atoms with Crippen LogP contribution in [0.1, 0.15) is 38.0 Å². The van der Waals surface area contributed by atoms with Gasteiger partial charge in [-0.05, 0) is 37.3 Å². The van der Waals surface area contributed by atoms with Gasteiger partial charge in [0.25, 0.3) is 0 Å². The molecule has 1 aromatic rings. The van der Waals surface area contributed by atoms with Crippen molar-refractivity contribution in [3.8, 4) is 0 Å². The third-order valence-electron chi connectivity index (χ3n) is 3.56. The molecular weight excluding hydrogens is 240 g/mol. The molecular formula is C15H24N2O2. The molecule has 2 rings (SSSR count). The molecule has 1 saturated carbocycles. The van der Waals surface area contributed by atoms with Crippen molar-refractivity contribution in [1.29, 1.82) is 0 Å². The van der Waals surface area contributed by atoms with Crippen LogP contribution in [0.5, 0.6) is 0 Å². The Morgan fingerprint density at radius 1 is 1.47 bits per heavy atom. The van der Waals surface area contributed by atoms with Crippen molar-refractivity contribution in [3.63, 3.8) is 0 Å². The van der Waals surface area contributed by atoms with Crippen molar-refractivity contribution < 1.29 is 9.84 Å². The maximum absolute atomic E-state index is 9.69. The first kappa shape index (κ1) is 14.3. The van der Waals surface area contributed by atoms with Crippen LogP contribution in [0.15, 0.2) is 18.3 Å². The summed E-state index contributed by atoms with van der Waals surface area (Å²) in [5.74, 6) is 0.821. The number of aliphatic hydroxyl groups excluding tert-OH is 1. The SMILES string of the molecule is CC[C@@H](O)c1ccc(N(C)CCOCC2CC2)cn1. The Morgan fingerprint density at radius 3 is 2.84 bits per heavy atom. The number of anilines is 1. The highest BCUT2D eigenvalue weighted by Gasteiger charge is 2.20. The molecule has 0 aliphatic heterocycles. The molecule has 0 unspecified atom stereocenters. The van der Waals surface area contributed by atoms with Gasteiger partial charge >= 0.3 is 0 Å². The highest BCUT2D eigenvalue weighted by atomic mass is 16.5. The van der Waals surface area contributed by atoms with Gasteiger partial charge < -0.3 is 14.7 Å². The summed E-state index contributed by atoms with van der Waals surface area (Å²) in [7, 11) is 2.04. The molecule has 1 aromatic heterocycles. The van der Waals surface area contributed by atoms with Gasteiger partial charge in [-0.15, -0.1) is 0 Å². The van der Waals surface area contributed by atoms with E-state index in [2.05, 4.69) is 9.88 Å². The van der Waals surface area contributed by atoms with E-state index >= 15 is 0 Å². The Morgan fingerprint density at radius 2 is 2.26 bits per heavy atom. The summed E-state index contributed by atoms with van der Waals surface area (Å²) >= 11 is 0. The van der Waals surface area contributed by atoms with E-state index in [0.29, 0.717) is 6.42 Å². The van der Waals surface area contributed by atoms with Crippen LogP contribution in [0.25, 0.3) is 0 Å². The minimum absolute atomic E-state index is 0.457. The van der Waals surface area contributed by atoms with Crippen molar-refractivity contribution in [2.75, 3.05) is 31.7 Å². The summed E-state index contributed by atoms with van der Waals surface area (Å²) in [6, 6.07) is 3.90. The molecule has 0 aromatic carbocycles. The number of nitrogens with zero attached hydrogens (tertiary/aromatic N) is 2. The molecule has 4 nitrogen and oxygen atoms in total. The van der Waals surface area contributed by atoms with E-state index in [9.17, 15) is 5.11 Å². The van der Waals surface area contributed by atoms with Crippen molar-refractivity contribution >= 4 is 5.69 Å². The molecule has 1 aliphatic rings. The monoisotopic (exact) mass is 264 g/mol. The van der Waals surface area contributed by atoms with Crippen LogP contribution in [-0.2, 0) is 4.74 Å². The third-order valence-corrected chi connectivity index (χ3v) is 3.56. The van der Waals surface area contributed by atoms with Gasteiger partial charge in [-0.25, -0.2) is 0 Å². The van der Waals surface area contributed by atoms with E-state index in [0.717, 1.165) is 37.1 Å². The average molecular weight is 264 g/mol. The normalized spacial score (nSPS) is 16.4. The summed E-state index contributed by atoms with van der Waals surface area (Å²) in [5, 5.41) is 9.69. The number of likely N-dealkylation sites (N-methyl/N-ethyl adjacent to an activating group) is 1. The van der Waals surface area contributed by atoms with Gasteiger partial charge in [0, 0.05) is 20.2 Å². The van der Waals surface area contributed by atoms with Gasteiger partial charge in [-0.3, -0.25) is 4.98 Å². The Hall–Kier alpha value is -1.13. The van der Waals surface area contributed by atoms with E-state index in [1.54, 1.807) is 0 Å². The molecule has 1 atom stereocenters. The topological polar surface area (TPSA) is 45.6 Å². The highest BCUT2D eigenvalue weighted by Crippen LogP contribution is 2.28. The highest BCUT2D eigenvalue weighted by molar-refractivity contribution is 5.43. The zero-order valence-electron chi connectivity index (χ0n) is 11.9. The van der Waals surface area contributed by atoms with Crippen molar-refractivity contribution in [2.24, 2.45) is 5.92 Å². The first-order valence-electron chi connectivity index (χ1n) is 7.13. The minimum atomic E-state index is -0.457. The van der Waals surface area contributed by atoms with Crippen LogP contribution in [0.2, 0.25) is 0 Å². The second-order valence-corrected chi connectivity index (χ2v) is 5.31. The lowest BCUT2D eigenvalue weighted by Crippen LogP contribution is -2.23. The maximum Gasteiger partial charge on any atom is 0.0957 e. The minimum Gasteiger partial charge on any atom is -0.387 e. The molecule has 0 radical (unpaired) electrons. The smallest absolute Gasteiger partial charge is 0.0957 e. The van der Waals surface area contributed by atoms with Gasteiger partial charge in [0.15, 0.2) is 0 Å². The van der Waals surface area contributed by atoms with E-state index in [-0.39, 0.29) is 0 Å². The van der Waals surface area contributed by atoms with Crippen molar-refractivity contribution in [3.05, 3.63) is 24.0 Å². The van der Waals surface area contributed by atoms with Gasteiger partial charge in [-0.2, -0.15) is 0 Å². The molecule has 0 bridgehead atoms. The number of hydrogen-bond acceptors (Lipinski definition) is 4. The summed E-state index contributed by atoms with van der Waals surface area (Å²) in [6.45, 7) is 4.48. The fraction of sp³-hybridized carbons (Fsp3) is 0.667. The molecule has 0 spiro atoms. The second-order valence-electron chi connectivity index (χ2n) is 5.31. The van der Waals surface area contributed by atoms with Gasteiger partial charge in [0.1, 0.15) is 0 Å². The van der Waals surface area contributed by atoms with Gasteiger partial charge in [0.05, 0.1) is 30.3 Å². The summed E-state index contributed by atoms with van der Waals surface area (Å²) in [4.78, 5) is 6.43. The first-order valence-corrected chi connectivity index (χ1v) is 7.13. The first-order chi connectivity index (χ1) is 9.20. The Labute approximate surface area is 115 Å². The van der Waals surface area contributed by atoms with E-state index < -0.39 is 6.10 Å². The zero-order valence-corrected chi connectivity index (χ0v) is 11.9. The van der Waals surface area contributed by atoms with Crippen LogP contribution < -0.4 is 4.90 Å². The lowest BCUT2D eigenvalue weighted by molar-refractivity contribution is 0.131. The number of pyridine rings is 1. The summed E-state index contributed by atoms with van der Waals surface area (Å²) in [6.07, 6.45) is 4.72. The van der Waals surface area contributed by atoms with E-state index in [1.807, 2.05) is 32.3 Å². The predicted molar refractivity (Wildman–Crippen MR) is 76.3 cm³/mol. The Kier molecular flexibility index (Phi) is 5.16. The van der Waals surface area contributed by atoms with Gasteiger partial charge in [-0.1, -0.05) is 6.92 Å². The van der Waals surface area contributed by atoms with Crippen molar-refractivity contribution in [1.82, 2.24) is 4.98 Å². The van der Waals surface area contributed by atoms with E-state index in [4.69, 9.17) is 4.74 Å².